The molecule has 0 fully saturated rings. The summed E-state index contributed by atoms with van der Waals surface area (Å²) in [5.41, 5.74) is 0. The van der Waals surface area contributed by atoms with E-state index in [9.17, 15) is 0 Å². The van der Waals surface area contributed by atoms with Gasteiger partial charge in [0.1, 0.15) is 0 Å². The van der Waals surface area contributed by atoms with E-state index >= 15 is 0 Å². The summed E-state index contributed by atoms with van der Waals surface area (Å²) in [4.78, 5) is 16.5. The van der Waals surface area contributed by atoms with Crippen molar-refractivity contribution in [1.82, 2.24) is 0 Å². The van der Waals surface area contributed by atoms with Crippen LogP contribution in [-0.4, -0.2) is 32.1 Å². The molecule has 13 heavy (non-hydrogen) atoms. The first-order valence-electron chi connectivity index (χ1n) is 1.10. The largest absolute Gasteiger partial charge is 2.00 e. The number of nitrogens with zero attached hydrogens (tertiary/aromatic N) is 2. The first-order valence-corrected chi connectivity index (χ1v) is 1.10. The van der Waals surface area contributed by atoms with Gasteiger partial charge in [0.05, 0.1) is 10.2 Å². The van der Waals surface area contributed by atoms with Crippen molar-refractivity contribution in [3.8, 4) is 0 Å². The van der Waals surface area contributed by atoms with Crippen LogP contribution in [0.1, 0.15) is 0 Å². The van der Waals surface area contributed by atoms with E-state index in [1.165, 1.54) is 0 Å². The Labute approximate surface area is 83.9 Å². The summed E-state index contributed by atoms with van der Waals surface area (Å²) in [5.74, 6) is 0. The molecular formula is H8N2O10Pd. The van der Waals surface area contributed by atoms with E-state index < -0.39 is 10.2 Å². The zero-order chi connectivity index (χ0) is 7.15. The molecule has 0 radical (unpaired) electrons. The van der Waals surface area contributed by atoms with E-state index in [4.69, 9.17) is 30.6 Å². The van der Waals surface area contributed by atoms with Gasteiger partial charge in [-0.15, -0.1) is 0 Å². The van der Waals surface area contributed by atoms with Crippen molar-refractivity contribution in [3.05, 3.63) is 30.6 Å². The molecule has 8 N–H and O–H groups in total. The monoisotopic (exact) mass is 302 g/mol. The molecule has 0 aromatic rings. The summed E-state index contributed by atoms with van der Waals surface area (Å²) in [6, 6.07) is 0. The van der Waals surface area contributed by atoms with Crippen LogP contribution in [0.3, 0.4) is 0 Å². The van der Waals surface area contributed by atoms with Gasteiger partial charge in [-0.1, -0.05) is 0 Å². The minimum Gasteiger partial charge on any atom is -0.412 e. The van der Waals surface area contributed by atoms with Crippen molar-refractivity contribution in [3.63, 3.8) is 0 Å². The Morgan fingerprint density at radius 3 is 0.615 bits per heavy atom. The molecule has 0 aliphatic carbocycles. The quantitative estimate of drug-likeness (QED) is 0.246. The third-order valence-electron chi connectivity index (χ3n) is 0. The molecule has 0 unspecified atom stereocenters. The van der Waals surface area contributed by atoms with Crippen molar-refractivity contribution in [2.45, 2.75) is 0 Å². The summed E-state index contributed by atoms with van der Waals surface area (Å²) in [6.07, 6.45) is 0. The molecule has 0 aliphatic heterocycles. The van der Waals surface area contributed by atoms with Gasteiger partial charge in [-0.05, 0) is 0 Å². The Kier molecular flexibility index (Phi) is 201. The first kappa shape index (κ1) is 58.9. The van der Waals surface area contributed by atoms with E-state index in [2.05, 4.69) is 0 Å². The van der Waals surface area contributed by atoms with Gasteiger partial charge < -0.3 is 52.5 Å². The Hall–Kier alpha value is -1.10. The Morgan fingerprint density at radius 1 is 0.615 bits per heavy atom. The normalized spacial score (nSPS) is 3.69. The molecule has 88 valence electrons. The molecule has 0 rings (SSSR count). The van der Waals surface area contributed by atoms with E-state index in [-0.39, 0.29) is 42.3 Å². The molecule has 0 saturated heterocycles. The van der Waals surface area contributed by atoms with Crippen LogP contribution in [0, 0.1) is 30.6 Å². The molecule has 0 heterocycles. The fourth-order valence-electron chi connectivity index (χ4n) is 0. The maximum atomic E-state index is 8.25. The fourth-order valence-corrected chi connectivity index (χ4v) is 0. The SMILES string of the molecule is O.O.O.O.O=[N+]([O-])[O-].O=[N+]([O-])[O-].[Pd+2]. The molecule has 0 saturated carbocycles. The predicted octanol–water partition coefficient (Wildman–Crippen LogP) is -3.78. The van der Waals surface area contributed by atoms with Crippen molar-refractivity contribution in [1.29, 1.82) is 0 Å². The minimum atomic E-state index is -1.75. The molecule has 13 heteroatoms. The van der Waals surface area contributed by atoms with Crippen LogP contribution in [0.4, 0.5) is 0 Å². The topological polar surface area (TPSA) is 258 Å². The summed E-state index contributed by atoms with van der Waals surface area (Å²) in [5, 5.41) is 29.5. The molecule has 0 aliphatic rings. The third kappa shape index (κ3) is 717. The van der Waals surface area contributed by atoms with E-state index in [1.807, 2.05) is 0 Å². The van der Waals surface area contributed by atoms with Crippen molar-refractivity contribution < 1.29 is 52.5 Å². The standard InChI is InChI=1S/2NO3.4H2O.Pd/c2*2-1(3)4;;;;;/h;;4*1H2;/q2*-1;;;;;+2. The molecular weight excluding hydrogens is 294 g/mol. The van der Waals surface area contributed by atoms with Gasteiger partial charge in [0.15, 0.2) is 0 Å². The van der Waals surface area contributed by atoms with Gasteiger partial charge in [-0.2, -0.15) is 0 Å². The van der Waals surface area contributed by atoms with Crippen LogP contribution in [-0.2, 0) is 20.4 Å². The van der Waals surface area contributed by atoms with E-state index in [1.54, 1.807) is 0 Å². The van der Waals surface area contributed by atoms with Crippen LogP contribution < -0.4 is 0 Å². The van der Waals surface area contributed by atoms with Gasteiger partial charge in [-0.25, -0.2) is 0 Å². The minimum absolute atomic E-state index is 0. The zero-order valence-electron chi connectivity index (χ0n) is 5.66. The Morgan fingerprint density at radius 2 is 0.615 bits per heavy atom. The number of rotatable bonds is 0. The van der Waals surface area contributed by atoms with Crippen LogP contribution in [0.5, 0.6) is 0 Å². The summed E-state index contributed by atoms with van der Waals surface area (Å²) >= 11 is 0. The first-order chi connectivity index (χ1) is 3.46. The van der Waals surface area contributed by atoms with E-state index in [0.29, 0.717) is 0 Å². The zero-order valence-corrected chi connectivity index (χ0v) is 7.21. The second-order valence-corrected chi connectivity index (χ2v) is 0.447. The molecule has 0 aromatic heterocycles. The molecule has 12 nitrogen and oxygen atoms in total. The van der Waals surface area contributed by atoms with Crippen LogP contribution >= 0.6 is 0 Å². The average Bonchev–Trinajstić information content (AvgIpc) is 1.25. The Bertz CT molecular complexity index is 70.9. The maximum absolute atomic E-state index is 8.25. The van der Waals surface area contributed by atoms with Gasteiger partial charge >= 0.3 is 20.4 Å². The van der Waals surface area contributed by atoms with Gasteiger partial charge in [0.25, 0.3) is 0 Å². The second-order valence-electron chi connectivity index (χ2n) is 0.447. The van der Waals surface area contributed by atoms with Crippen LogP contribution in [0.25, 0.3) is 0 Å². The fraction of sp³-hybridized carbons (Fsp3) is 0. The average molecular weight is 302 g/mol. The van der Waals surface area contributed by atoms with Gasteiger partial charge in [0, 0.05) is 0 Å². The van der Waals surface area contributed by atoms with Crippen LogP contribution in [0.15, 0.2) is 0 Å². The summed E-state index contributed by atoms with van der Waals surface area (Å²) in [6.45, 7) is 0. The second kappa shape index (κ2) is 44.5. The number of hydrogen-bond acceptors (Lipinski definition) is 6. The third-order valence-corrected chi connectivity index (χ3v) is 0. The Balaban J connectivity index is -0.00000000800. The molecule has 0 spiro atoms. The summed E-state index contributed by atoms with van der Waals surface area (Å²) in [7, 11) is 0. The molecule has 0 bridgehead atoms. The van der Waals surface area contributed by atoms with E-state index in [0.717, 1.165) is 0 Å². The van der Waals surface area contributed by atoms with Crippen molar-refractivity contribution >= 4 is 0 Å². The van der Waals surface area contributed by atoms with Crippen molar-refractivity contribution in [2.75, 3.05) is 0 Å². The smallest absolute Gasteiger partial charge is 0.412 e. The van der Waals surface area contributed by atoms with Gasteiger partial charge in [0.2, 0.25) is 0 Å². The van der Waals surface area contributed by atoms with Crippen molar-refractivity contribution in [2.24, 2.45) is 0 Å². The maximum Gasteiger partial charge on any atom is 2.00 e. The van der Waals surface area contributed by atoms with Gasteiger partial charge in [-0.3, -0.25) is 0 Å². The molecule has 0 atom stereocenters. The predicted molar refractivity (Wildman–Crippen MR) is 35.2 cm³/mol. The summed E-state index contributed by atoms with van der Waals surface area (Å²) < 4.78 is 0. The van der Waals surface area contributed by atoms with Crippen LogP contribution in [0.2, 0.25) is 0 Å². The number of hydrogen-bond donors (Lipinski definition) is 0. The molecule has 0 amide bonds. The molecule has 0 aromatic carbocycles.